The highest BCUT2D eigenvalue weighted by atomic mass is 79.9. The third-order valence-corrected chi connectivity index (χ3v) is 5.46. The zero-order chi connectivity index (χ0) is 19.9. The van der Waals surface area contributed by atoms with Crippen molar-refractivity contribution in [2.24, 2.45) is 0 Å². The van der Waals surface area contributed by atoms with E-state index in [9.17, 15) is 0 Å². The minimum atomic E-state index is 0.371. The van der Waals surface area contributed by atoms with Crippen molar-refractivity contribution in [3.05, 3.63) is 86.8 Å². The van der Waals surface area contributed by atoms with Crippen LogP contribution >= 0.6 is 27.5 Å². The van der Waals surface area contributed by atoms with Crippen LogP contribution in [0.25, 0.3) is 0 Å². The van der Waals surface area contributed by atoms with Gasteiger partial charge in [0.15, 0.2) is 11.5 Å². The summed E-state index contributed by atoms with van der Waals surface area (Å²) in [5, 5.41) is 4.20. The molecule has 0 spiro atoms. The monoisotopic (exact) mass is 459 g/mol. The first-order chi connectivity index (χ1) is 13.6. The van der Waals surface area contributed by atoms with Crippen LogP contribution in [0.1, 0.15) is 23.6 Å². The average molecular weight is 461 g/mol. The van der Waals surface area contributed by atoms with E-state index < -0.39 is 0 Å². The third-order valence-electron chi connectivity index (χ3n) is 4.50. The molecule has 28 heavy (non-hydrogen) atoms. The van der Waals surface area contributed by atoms with Gasteiger partial charge in [0.05, 0.1) is 11.6 Å². The Hall–Kier alpha value is -2.17. The summed E-state index contributed by atoms with van der Waals surface area (Å²) < 4.78 is 12.4. The first-order valence-corrected chi connectivity index (χ1v) is 10.3. The lowest BCUT2D eigenvalue weighted by Crippen LogP contribution is -2.04. The van der Waals surface area contributed by atoms with Gasteiger partial charge < -0.3 is 14.8 Å². The molecule has 0 unspecified atom stereocenters. The Morgan fingerprint density at radius 3 is 2.43 bits per heavy atom. The molecule has 0 aliphatic rings. The summed E-state index contributed by atoms with van der Waals surface area (Å²) in [7, 11) is 1.65. The number of ether oxygens (including phenoxy) is 2. The normalized spacial score (nSPS) is 10.6. The predicted molar refractivity (Wildman–Crippen MR) is 120 cm³/mol. The van der Waals surface area contributed by atoms with Crippen molar-refractivity contribution in [2.75, 3.05) is 12.4 Å². The topological polar surface area (TPSA) is 30.5 Å². The minimum absolute atomic E-state index is 0.371. The Morgan fingerprint density at radius 1 is 1.00 bits per heavy atom. The molecule has 0 bridgehead atoms. The van der Waals surface area contributed by atoms with E-state index in [0.29, 0.717) is 29.7 Å². The van der Waals surface area contributed by atoms with Gasteiger partial charge in [0.1, 0.15) is 6.61 Å². The Kier molecular flexibility index (Phi) is 7.24. The lowest BCUT2D eigenvalue weighted by atomic mass is 10.1. The van der Waals surface area contributed by atoms with Crippen molar-refractivity contribution in [1.29, 1.82) is 0 Å². The van der Waals surface area contributed by atoms with Gasteiger partial charge in [0.2, 0.25) is 0 Å². The van der Waals surface area contributed by atoms with E-state index >= 15 is 0 Å². The summed E-state index contributed by atoms with van der Waals surface area (Å²) in [6.07, 6.45) is 0.991. The first-order valence-electron chi connectivity index (χ1n) is 9.16. The molecule has 0 saturated heterocycles. The zero-order valence-electron chi connectivity index (χ0n) is 16.0. The van der Waals surface area contributed by atoms with Crippen molar-refractivity contribution >= 4 is 33.2 Å². The number of halogens is 2. The van der Waals surface area contributed by atoms with Gasteiger partial charge in [0, 0.05) is 22.8 Å². The molecule has 3 aromatic rings. The van der Waals surface area contributed by atoms with Gasteiger partial charge in [-0.3, -0.25) is 0 Å². The van der Waals surface area contributed by atoms with E-state index in [0.717, 1.165) is 27.7 Å². The number of aryl methyl sites for hydroxylation is 1. The van der Waals surface area contributed by atoms with E-state index in [2.05, 4.69) is 46.4 Å². The third kappa shape index (κ3) is 5.00. The molecule has 0 fully saturated rings. The van der Waals surface area contributed by atoms with Crippen molar-refractivity contribution in [1.82, 2.24) is 0 Å². The van der Waals surface area contributed by atoms with E-state index in [-0.39, 0.29) is 0 Å². The molecule has 3 aromatic carbocycles. The summed E-state index contributed by atoms with van der Waals surface area (Å²) in [4.78, 5) is 0. The number of para-hydroxylation sites is 1. The quantitative estimate of drug-likeness (QED) is 0.398. The Balaban J connectivity index is 1.75. The van der Waals surface area contributed by atoms with Gasteiger partial charge in [-0.15, -0.1) is 0 Å². The second-order valence-electron chi connectivity index (χ2n) is 6.35. The molecule has 3 nitrogen and oxygen atoms in total. The molecule has 0 aromatic heterocycles. The van der Waals surface area contributed by atoms with E-state index in [1.807, 2.05) is 42.5 Å². The van der Waals surface area contributed by atoms with Crippen LogP contribution in [0.5, 0.6) is 11.5 Å². The van der Waals surface area contributed by atoms with Gasteiger partial charge in [-0.05, 0) is 57.7 Å². The molecule has 0 amide bonds. The van der Waals surface area contributed by atoms with Crippen molar-refractivity contribution < 1.29 is 9.47 Å². The Morgan fingerprint density at radius 2 is 1.71 bits per heavy atom. The fourth-order valence-electron chi connectivity index (χ4n) is 2.98. The maximum Gasteiger partial charge on any atom is 0.175 e. The van der Waals surface area contributed by atoms with Crippen LogP contribution in [0.3, 0.4) is 0 Å². The van der Waals surface area contributed by atoms with Crippen molar-refractivity contribution in [3.8, 4) is 11.5 Å². The van der Waals surface area contributed by atoms with Gasteiger partial charge >= 0.3 is 0 Å². The fourth-order valence-corrected chi connectivity index (χ4v) is 3.77. The van der Waals surface area contributed by atoms with Crippen LogP contribution in [0.15, 0.2) is 65.1 Å². The number of benzene rings is 3. The molecule has 3 rings (SSSR count). The van der Waals surface area contributed by atoms with Crippen LogP contribution in [0.2, 0.25) is 5.02 Å². The SMILES string of the molecule is CCc1ccccc1NCc1cc(Br)c(OCc2ccccc2Cl)c(OC)c1. The van der Waals surface area contributed by atoms with Gasteiger partial charge in [0.25, 0.3) is 0 Å². The molecule has 5 heteroatoms. The number of hydrogen-bond acceptors (Lipinski definition) is 3. The minimum Gasteiger partial charge on any atom is -0.493 e. The molecule has 0 aliphatic heterocycles. The summed E-state index contributed by atoms with van der Waals surface area (Å²) in [5.74, 6) is 1.35. The maximum absolute atomic E-state index is 6.22. The fraction of sp³-hybridized carbons (Fsp3) is 0.217. The molecular weight excluding hydrogens is 438 g/mol. The smallest absolute Gasteiger partial charge is 0.175 e. The highest BCUT2D eigenvalue weighted by molar-refractivity contribution is 9.10. The van der Waals surface area contributed by atoms with Crippen LogP contribution < -0.4 is 14.8 Å². The Bertz CT molecular complexity index is 946. The molecule has 0 saturated carbocycles. The second-order valence-corrected chi connectivity index (χ2v) is 7.61. The molecule has 0 atom stereocenters. The average Bonchev–Trinajstić information content (AvgIpc) is 2.72. The van der Waals surface area contributed by atoms with Crippen LogP contribution in [-0.2, 0) is 19.6 Å². The van der Waals surface area contributed by atoms with Crippen molar-refractivity contribution in [2.45, 2.75) is 26.5 Å². The number of rotatable bonds is 8. The Labute approximate surface area is 179 Å². The lowest BCUT2D eigenvalue weighted by molar-refractivity contribution is 0.282. The number of methoxy groups -OCH3 is 1. The van der Waals surface area contributed by atoms with Gasteiger partial charge in [-0.25, -0.2) is 0 Å². The first kappa shape index (κ1) is 20.6. The van der Waals surface area contributed by atoms with Crippen LogP contribution in [0, 0.1) is 0 Å². The molecule has 146 valence electrons. The van der Waals surface area contributed by atoms with E-state index in [1.165, 1.54) is 5.56 Å². The molecule has 0 heterocycles. The maximum atomic E-state index is 6.22. The van der Waals surface area contributed by atoms with E-state index in [1.54, 1.807) is 7.11 Å². The number of nitrogens with one attached hydrogen (secondary N) is 1. The summed E-state index contributed by atoms with van der Waals surface area (Å²) >= 11 is 9.84. The molecular formula is C23H23BrClNO2. The molecule has 1 N–H and O–H groups in total. The summed E-state index contributed by atoms with van der Waals surface area (Å²) in [6, 6.07) is 20.1. The number of anilines is 1. The number of hydrogen-bond donors (Lipinski definition) is 1. The second kappa shape index (κ2) is 9.85. The van der Waals surface area contributed by atoms with Gasteiger partial charge in [-0.2, -0.15) is 0 Å². The molecule has 0 aliphatic carbocycles. The largest absolute Gasteiger partial charge is 0.493 e. The standard InChI is InChI=1S/C23H23BrClNO2/c1-3-17-8-5-7-11-21(17)26-14-16-12-19(24)23(22(13-16)27-2)28-15-18-9-4-6-10-20(18)25/h4-13,26H,3,14-15H2,1-2H3. The van der Waals surface area contributed by atoms with Gasteiger partial charge in [-0.1, -0.05) is 54.9 Å². The highest BCUT2D eigenvalue weighted by Gasteiger charge is 2.13. The molecule has 0 radical (unpaired) electrons. The summed E-state index contributed by atoms with van der Waals surface area (Å²) in [6.45, 7) is 3.22. The predicted octanol–water partition coefficient (Wildman–Crippen LogP) is 6.86. The lowest BCUT2D eigenvalue weighted by Gasteiger charge is -2.16. The zero-order valence-corrected chi connectivity index (χ0v) is 18.3. The highest BCUT2D eigenvalue weighted by Crippen LogP contribution is 2.37. The van der Waals surface area contributed by atoms with E-state index in [4.69, 9.17) is 21.1 Å². The van der Waals surface area contributed by atoms with Crippen LogP contribution in [-0.4, -0.2) is 7.11 Å². The summed E-state index contributed by atoms with van der Waals surface area (Å²) in [5.41, 5.74) is 4.48. The van der Waals surface area contributed by atoms with Crippen molar-refractivity contribution in [3.63, 3.8) is 0 Å². The van der Waals surface area contributed by atoms with Crippen LogP contribution in [0.4, 0.5) is 5.69 Å².